The minimum atomic E-state index is -0.115. The van der Waals surface area contributed by atoms with Crippen LogP contribution >= 0.6 is 46.1 Å². The summed E-state index contributed by atoms with van der Waals surface area (Å²) in [7, 11) is 0. The Hall–Kier alpha value is -0.680. The molecule has 0 atom stereocenters. The number of hydrogen-bond donors (Lipinski definition) is 2. The average molecular weight is 310 g/mol. The Balaban J connectivity index is 2.09. The number of aromatic hydroxyl groups is 1. The number of hydrogen-bond acceptors (Lipinski definition) is 4. The Morgan fingerprint density at radius 2 is 1.88 bits per heavy atom. The predicted molar refractivity (Wildman–Crippen MR) is 72.6 cm³/mol. The fourth-order valence-corrected chi connectivity index (χ4v) is 2.60. The van der Waals surface area contributed by atoms with Crippen LogP contribution in [0.25, 0.3) is 0 Å². The molecule has 0 radical (unpaired) electrons. The van der Waals surface area contributed by atoms with Crippen molar-refractivity contribution >= 4 is 51.8 Å². The van der Waals surface area contributed by atoms with Gasteiger partial charge >= 0.3 is 0 Å². The third kappa shape index (κ3) is 3.16. The Bertz CT molecular complexity index is 521. The van der Waals surface area contributed by atoms with Crippen molar-refractivity contribution < 1.29 is 5.11 Å². The quantitative estimate of drug-likeness (QED) is 0.825. The highest BCUT2D eigenvalue weighted by Crippen LogP contribution is 2.34. The van der Waals surface area contributed by atoms with Crippen molar-refractivity contribution in [2.75, 3.05) is 5.32 Å². The zero-order chi connectivity index (χ0) is 12.4. The number of halogens is 3. The lowest BCUT2D eigenvalue weighted by Gasteiger charge is -2.07. The summed E-state index contributed by atoms with van der Waals surface area (Å²) in [6.45, 7) is 0.523. The lowest BCUT2D eigenvalue weighted by atomic mass is 10.3. The lowest BCUT2D eigenvalue weighted by Crippen LogP contribution is -1.98. The Morgan fingerprint density at radius 1 is 1.24 bits per heavy atom. The van der Waals surface area contributed by atoms with Crippen LogP contribution in [0.5, 0.6) is 5.75 Å². The summed E-state index contributed by atoms with van der Waals surface area (Å²) in [5.41, 5.74) is 0.712. The van der Waals surface area contributed by atoms with Crippen LogP contribution in [0.2, 0.25) is 14.4 Å². The van der Waals surface area contributed by atoms with Crippen LogP contribution in [-0.4, -0.2) is 10.1 Å². The molecule has 7 heteroatoms. The first-order valence-electron chi connectivity index (χ1n) is 4.58. The molecule has 0 aliphatic heterocycles. The molecule has 0 amide bonds. The highest BCUT2D eigenvalue weighted by molar-refractivity contribution is 7.15. The van der Waals surface area contributed by atoms with E-state index >= 15 is 0 Å². The second-order valence-electron chi connectivity index (χ2n) is 3.20. The molecule has 1 heterocycles. The number of nitrogens with one attached hydrogen (secondary N) is 1. The second kappa shape index (κ2) is 5.31. The topological polar surface area (TPSA) is 45.1 Å². The first kappa shape index (κ1) is 12.8. The Labute approximate surface area is 117 Å². The molecule has 0 aliphatic carbocycles. The lowest BCUT2D eigenvalue weighted by molar-refractivity contribution is 0.476. The van der Waals surface area contributed by atoms with Crippen molar-refractivity contribution in [3.63, 3.8) is 0 Å². The number of benzene rings is 1. The van der Waals surface area contributed by atoms with E-state index in [4.69, 9.17) is 34.8 Å². The summed E-state index contributed by atoms with van der Waals surface area (Å²) in [4.78, 5) is 4.10. The van der Waals surface area contributed by atoms with Gasteiger partial charge in [-0.25, -0.2) is 4.98 Å². The zero-order valence-electron chi connectivity index (χ0n) is 8.38. The molecule has 2 rings (SSSR count). The van der Waals surface area contributed by atoms with Gasteiger partial charge in [-0.05, 0) is 12.1 Å². The van der Waals surface area contributed by atoms with Crippen molar-refractivity contribution in [1.29, 1.82) is 0 Å². The summed E-state index contributed by atoms with van der Waals surface area (Å²) in [6.07, 6.45) is 1.60. The average Bonchev–Trinajstić information content (AvgIpc) is 2.69. The molecular weight excluding hydrogens is 303 g/mol. The summed E-state index contributed by atoms with van der Waals surface area (Å²) < 4.78 is 0.642. The zero-order valence-corrected chi connectivity index (χ0v) is 11.5. The van der Waals surface area contributed by atoms with Gasteiger partial charge in [0.15, 0.2) is 5.75 Å². The molecule has 90 valence electrons. The SMILES string of the molecule is Oc1c(Cl)cc(NCc2ncc(Cl)s2)cc1Cl. The van der Waals surface area contributed by atoms with Crippen LogP contribution in [0, 0.1) is 0 Å². The largest absolute Gasteiger partial charge is 0.505 e. The molecule has 0 saturated carbocycles. The van der Waals surface area contributed by atoms with E-state index in [-0.39, 0.29) is 15.8 Å². The Morgan fingerprint density at radius 3 is 2.41 bits per heavy atom. The number of anilines is 1. The third-order valence-corrected chi connectivity index (χ3v) is 3.68. The number of nitrogens with zero attached hydrogens (tertiary/aromatic N) is 1. The van der Waals surface area contributed by atoms with Gasteiger partial charge in [-0.3, -0.25) is 0 Å². The first-order valence-corrected chi connectivity index (χ1v) is 6.53. The maximum Gasteiger partial charge on any atom is 0.152 e. The first-order chi connectivity index (χ1) is 8.06. The van der Waals surface area contributed by atoms with Gasteiger partial charge in [-0.1, -0.05) is 34.8 Å². The summed E-state index contributed by atoms with van der Waals surface area (Å²) in [5, 5.41) is 13.8. The van der Waals surface area contributed by atoms with Crippen molar-refractivity contribution in [1.82, 2.24) is 4.98 Å². The van der Waals surface area contributed by atoms with Gasteiger partial charge in [0.25, 0.3) is 0 Å². The minimum absolute atomic E-state index is 0.115. The standard InChI is InChI=1S/C10H7Cl3N2OS/c11-6-1-5(2-7(12)10(6)16)14-4-9-15-3-8(13)17-9/h1-3,14,16H,4H2. The van der Waals surface area contributed by atoms with Gasteiger partial charge in [0, 0.05) is 5.69 Å². The van der Waals surface area contributed by atoms with Crippen molar-refractivity contribution in [2.24, 2.45) is 0 Å². The number of phenols is 1. The van der Waals surface area contributed by atoms with E-state index in [2.05, 4.69) is 10.3 Å². The molecule has 0 unspecified atom stereocenters. The van der Waals surface area contributed by atoms with Gasteiger partial charge < -0.3 is 10.4 Å². The minimum Gasteiger partial charge on any atom is -0.505 e. The number of rotatable bonds is 3. The van der Waals surface area contributed by atoms with Gasteiger partial charge in [0.2, 0.25) is 0 Å². The van der Waals surface area contributed by atoms with E-state index < -0.39 is 0 Å². The van der Waals surface area contributed by atoms with Crippen LogP contribution in [0.3, 0.4) is 0 Å². The number of aromatic nitrogens is 1. The van der Waals surface area contributed by atoms with E-state index in [0.29, 0.717) is 16.6 Å². The molecule has 0 fully saturated rings. The summed E-state index contributed by atoms with van der Waals surface area (Å²) in [5.74, 6) is -0.115. The van der Waals surface area contributed by atoms with Crippen molar-refractivity contribution in [3.8, 4) is 5.75 Å². The van der Waals surface area contributed by atoms with Gasteiger partial charge in [0.1, 0.15) is 9.34 Å². The molecule has 2 aromatic rings. The predicted octanol–water partition coefficient (Wildman–Crippen LogP) is 4.42. The molecule has 3 nitrogen and oxygen atoms in total. The third-order valence-electron chi connectivity index (χ3n) is 1.99. The number of thiazole rings is 1. The number of phenolic OH excluding ortho intramolecular Hbond substituents is 1. The Kier molecular flexibility index (Phi) is 3.99. The van der Waals surface area contributed by atoms with Crippen molar-refractivity contribution in [2.45, 2.75) is 6.54 Å². The van der Waals surface area contributed by atoms with Crippen molar-refractivity contribution in [3.05, 3.63) is 37.7 Å². The molecule has 0 aliphatic rings. The molecule has 0 saturated heterocycles. The fourth-order valence-electron chi connectivity index (χ4n) is 1.21. The van der Waals surface area contributed by atoms with E-state index in [1.54, 1.807) is 18.3 Å². The van der Waals surface area contributed by atoms with Crippen LogP contribution in [0.1, 0.15) is 5.01 Å². The normalized spacial score (nSPS) is 10.5. The van der Waals surface area contributed by atoms with E-state index in [0.717, 1.165) is 5.01 Å². The van der Waals surface area contributed by atoms with Crippen LogP contribution < -0.4 is 5.32 Å². The molecule has 17 heavy (non-hydrogen) atoms. The molecule has 0 spiro atoms. The van der Waals surface area contributed by atoms with Crippen LogP contribution in [-0.2, 0) is 6.54 Å². The van der Waals surface area contributed by atoms with E-state index in [1.807, 2.05) is 0 Å². The summed E-state index contributed by atoms with van der Waals surface area (Å²) in [6, 6.07) is 3.19. The van der Waals surface area contributed by atoms with Crippen LogP contribution in [0.15, 0.2) is 18.3 Å². The summed E-state index contributed by atoms with van der Waals surface area (Å²) >= 11 is 18.8. The second-order valence-corrected chi connectivity index (χ2v) is 5.76. The monoisotopic (exact) mass is 308 g/mol. The fraction of sp³-hybridized carbons (Fsp3) is 0.100. The molecule has 1 aromatic carbocycles. The molecule has 1 aromatic heterocycles. The molecular formula is C10H7Cl3N2OS. The maximum absolute atomic E-state index is 9.40. The van der Waals surface area contributed by atoms with Gasteiger partial charge in [-0.2, -0.15) is 0 Å². The van der Waals surface area contributed by atoms with Crippen LogP contribution in [0.4, 0.5) is 5.69 Å². The highest BCUT2D eigenvalue weighted by Gasteiger charge is 2.07. The molecule has 0 bridgehead atoms. The van der Waals surface area contributed by atoms with Gasteiger partial charge in [-0.15, -0.1) is 11.3 Å². The van der Waals surface area contributed by atoms with E-state index in [1.165, 1.54) is 11.3 Å². The highest BCUT2D eigenvalue weighted by atomic mass is 35.5. The smallest absolute Gasteiger partial charge is 0.152 e. The van der Waals surface area contributed by atoms with Gasteiger partial charge in [0.05, 0.1) is 22.8 Å². The molecule has 2 N–H and O–H groups in total. The maximum atomic E-state index is 9.40. The van der Waals surface area contributed by atoms with E-state index in [9.17, 15) is 5.11 Å².